The average molecular weight is 285 g/mol. The predicted octanol–water partition coefficient (Wildman–Crippen LogP) is 1.70. The molecule has 1 rings (SSSR count). The monoisotopic (exact) mass is 285 g/mol. The third kappa shape index (κ3) is 5.40. The molecule has 0 spiro atoms. The Morgan fingerprint density at radius 1 is 1.32 bits per heavy atom. The molecular weight excluding hydrogens is 266 g/mol. The van der Waals surface area contributed by atoms with E-state index in [4.69, 9.17) is 4.74 Å². The zero-order valence-corrected chi connectivity index (χ0v) is 11.9. The first-order valence-electron chi connectivity index (χ1n) is 6.18. The van der Waals surface area contributed by atoms with E-state index in [0.29, 0.717) is 6.61 Å². The van der Waals surface area contributed by atoms with E-state index in [1.807, 2.05) is 6.92 Å². The maximum Gasteiger partial charge on any atom is 0.307 e. The zero-order chi connectivity index (χ0) is 14.3. The number of rotatable bonds is 7. The molecule has 106 valence electrons. The molecule has 0 radical (unpaired) electrons. The second-order valence-corrected chi connectivity index (χ2v) is 5.97. The van der Waals surface area contributed by atoms with Crippen LogP contribution >= 0.6 is 0 Å². The normalized spacial score (nSPS) is 12.9. The minimum Gasteiger partial charge on any atom is -0.466 e. The number of hydrogen-bond acceptors (Lipinski definition) is 4. The Balaban J connectivity index is 2.57. The van der Waals surface area contributed by atoms with E-state index in [-0.39, 0.29) is 11.3 Å². The van der Waals surface area contributed by atoms with Gasteiger partial charge in [-0.25, -0.2) is 13.1 Å². The van der Waals surface area contributed by atoms with Gasteiger partial charge in [-0.3, -0.25) is 4.79 Å². The number of ether oxygens (including phenoxy) is 1. The zero-order valence-electron chi connectivity index (χ0n) is 11.1. The molecule has 0 amide bonds. The summed E-state index contributed by atoms with van der Waals surface area (Å²) < 4.78 is 31.3. The predicted molar refractivity (Wildman–Crippen MR) is 72.1 cm³/mol. The fourth-order valence-corrected chi connectivity index (χ4v) is 2.76. The van der Waals surface area contributed by atoms with Crippen molar-refractivity contribution in [3.05, 3.63) is 30.3 Å². The fourth-order valence-electron chi connectivity index (χ4n) is 1.50. The summed E-state index contributed by atoms with van der Waals surface area (Å²) in [5, 5.41) is 0. The lowest BCUT2D eigenvalue weighted by Crippen LogP contribution is -2.34. The molecule has 1 aromatic carbocycles. The van der Waals surface area contributed by atoms with Crippen molar-refractivity contribution >= 4 is 16.0 Å². The SMILES string of the molecule is CCCOC(=O)CC(C)NS(=O)(=O)c1ccccc1. The van der Waals surface area contributed by atoms with Gasteiger partial charge in [-0.2, -0.15) is 0 Å². The molecule has 19 heavy (non-hydrogen) atoms. The largest absolute Gasteiger partial charge is 0.466 e. The van der Waals surface area contributed by atoms with Crippen molar-refractivity contribution in [1.82, 2.24) is 4.72 Å². The van der Waals surface area contributed by atoms with E-state index in [1.54, 1.807) is 25.1 Å². The van der Waals surface area contributed by atoms with Crippen molar-refractivity contribution in [2.45, 2.75) is 37.6 Å². The van der Waals surface area contributed by atoms with Crippen molar-refractivity contribution in [1.29, 1.82) is 0 Å². The Bertz CT molecular complexity index is 499. The van der Waals surface area contributed by atoms with Crippen LogP contribution in [0.4, 0.5) is 0 Å². The number of carbonyl (C=O) groups excluding carboxylic acids is 1. The molecule has 0 fully saturated rings. The fraction of sp³-hybridized carbons (Fsp3) is 0.462. The number of sulfonamides is 1. The van der Waals surface area contributed by atoms with E-state index in [1.165, 1.54) is 12.1 Å². The van der Waals surface area contributed by atoms with Crippen LogP contribution in [0, 0.1) is 0 Å². The van der Waals surface area contributed by atoms with Gasteiger partial charge in [-0.15, -0.1) is 0 Å². The Hall–Kier alpha value is -1.40. The molecule has 0 aromatic heterocycles. The van der Waals surface area contributed by atoms with Gasteiger partial charge < -0.3 is 4.74 Å². The first-order chi connectivity index (χ1) is 8.95. The van der Waals surface area contributed by atoms with Crippen LogP contribution in [0.1, 0.15) is 26.7 Å². The van der Waals surface area contributed by atoms with Gasteiger partial charge in [0, 0.05) is 6.04 Å². The number of esters is 1. The number of nitrogens with one attached hydrogen (secondary N) is 1. The number of hydrogen-bond donors (Lipinski definition) is 1. The summed E-state index contributed by atoms with van der Waals surface area (Å²) in [5.41, 5.74) is 0. The van der Waals surface area contributed by atoms with Crippen LogP contribution < -0.4 is 4.72 Å². The van der Waals surface area contributed by atoms with Crippen LogP contribution in [0.3, 0.4) is 0 Å². The van der Waals surface area contributed by atoms with Gasteiger partial charge >= 0.3 is 5.97 Å². The molecule has 0 aliphatic heterocycles. The first kappa shape index (κ1) is 15.7. The Morgan fingerprint density at radius 2 is 1.95 bits per heavy atom. The van der Waals surface area contributed by atoms with Crippen molar-refractivity contribution in [3.8, 4) is 0 Å². The number of carbonyl (C=O) groups is 1. The van der Waals surface area contributed by atoms with E-state index < -0.39 is 22.0 Å². The van der Waals surface area contributed by atoms with Gasteiger partial charge in [0.05, 0.1) is 17.9 Å². The molecule has 1 unspecified atom stereocenters. The van der Waals surface area contributed by atoms with Crippen LogP contribution in [0.2, 0.25) is 0 Å². The maximum atomic E-state index is 12.0. The summed E-state index contributed by atoms with van der Waals surface area (Å²) in [7, 11) is -3.58. The number of benzene rings is 1. The molecule has 0 saturated heterocycles. The molecule has 5 nitrogen and oxygen atoms in total. The highest BCUT2D eigenvalue weighted by Crippen LogP contribution is 2.09. The summed E-state index contributed by atoms with van der Waals surface area (Å²) in [5.74, 6) is -0.398. The lowest BCUT2D eigenvalue weighted by Gasteiger charge is -2.13. The standard InChI is InChI=1S/C13H19NO4S/c1-3-9-18-13(15)10-11(2)14-19(16,17)12-7-5-4-6-8-12/h4-8,11,14H,3,9-10H2,1-2H3. The molecule has 1 atom stereocenters. The molecule has 0 aliphatic rings. The summed E-state index contributed by atoms with van der Waals surface area (Å²) in [6.07, 6.45) is 0.766. The lowest BCUT2D eigenvalue weighted by molar-refractivity contribution is -0.144. The highest BCUT2D eigenvalue weighted by atomic mass is 32.2. The van der Waals surface area contributed by atoms with E-state index >= 15 is 0 Å². The van der Waals surface area contributed by atoms with Crippen LogP contribution in [0.15, 0.2) is 35.2 Å². The highest BCUT2D eigenvalue weighted by molar-refractivity contribution is 7.89. The Kier molecular flexibility index (Phi) is 5.98. The minimum absolute atomic E-state index is 0.0199. The van der Waals surface area contributed by atoms with E-state index in [2.05, 4.69) is 4.72 Å². The van der Waals surface area contributed by atoms with Crippen LogP contribution in [0.25, 0.3) is 0 Å². The third-order valence-corrected chi connectivity index (χ3v) is 3.96. The smallest absolute Gasteiger partial charge is 0.307 e. The van der Waals surface area contributed by atoms with Crippen molar-refractivity contribution in [2.75, 3.05) is 6.61 Å². The van der Waals surface area contributed by atoms with E-state index in [9.17, 15) is 13.2 Å². The van der Waals surface area contributed by atoms with Gasteiger partial charge in [-0.1, -0.05) is 25.1 Å². The quantitative estimate of drug-likeness (QED) is 0.774. The highest BCUT2D eigenvalue weighted by Gasteiger charge is 2.19. The summed E-state index contributed by atoms with van der Waals surface area (Å²) in [4.78, 5) is 11.6. The van der Waals surface area contributed by atoms with Gasteiger partial charge in [-0.05, 0) is 25.5 Å². The second-order valence-electron chi connectivity index (χ2n) is 4.26. The van der Waals surface area contributed by atoms with Crippen LogP contribution in [0.5, 0.6) is 0 Å². The molecule has 6 heteroatoms. The maximum absolute atomic E-state index is 12.0. The van der Waals surface area contributed by atoms with Crippen molar-refractivity contribution in [3.63, 3.8) is 0 Å². The van der Waals surface area contributed by atoms with Crippen LogP contribution in [-0.4, -0.2) is 27.0 Å². The van der Waals surface area contributed by atoms with E-state index in [0.717, 1.165) is 6.42 Å². The van der Waals surface area contributed by atoms with Crippen LogP contribution in [-0.2, 0) is 19.6 Å². The van der Waals surface area contributed by atoms with Crippen molar-refractivity contribution < 1.29 is 17.9 Å². The topological polar surface area (TPSA) is 72.5 Å². The van der Waals surface area contributed by atoms with Crippen molar-refractivity contribution in [2.24, 2.45) is 0 Å². The van der Waals surface area contributed by atoms with Gasteiger partial charge in [0.25, 0.3) is 0 Å². The Labute approximate surface area is 114 Å². The average Bonchev–Trinajstić information content (AvgIpc) is 2.36. The summed E-state index contributed by atoms with van der Waals surface area (Å²) >= 11 is 0. The second kappa shape index (κ2) is 7.25. The molecule has 1 aromatic rings. The molecule has 1 N–H and O–H groups in total. The molecule has 0 saturated carbocycles. The minimum atomic E-state index is -3.58. The molecular formula is C13H19NO4S. The lowest BCUT2D eigenvalue weighted by atomic mass is 10.2. The molecule has 0 heterocycles. The third-order valence-electron chi connectivity index (χ3n) is 2.35. The van der Waals surface area contributed by atoms with Gasteiger partial charge in [0.15, 0.2) is 0 Å². The first-order valence-corrected chi connectivity index (χ1v) is 7.67. The molecule has 0 bridgehead atoms. The van der Waals surface area contributed by atoms with Gasteiger partial charge in [0.2, 0.25) is 10.0 Å². The summed E-state index contributed by atoms with van der Waals surface area (Å²) in [6, 6.07) is 7.54. The molecule has 0 aliphatic carbocycles. The van der Waals surface area contributed by atoms with Gasteiger partial charge in [0.1, 0.15) is 0 Å². The Morgan fingerprint density at radius 3 is 2.53 bits per heavy atom. The summed E-state index contributed by atoms with van der Waals surface area (Å²) in [6.45, 7) is 3.89.